The lowest BCUT2D eigenvalue weighted by molar-refractivity contribution is -0.384. The molecule has 1 unspecified atom stereocenters. The Labute approximate surface area is 107 Å². The van der Waals surface area contributed by atoms with E-state index in [-0.39, 0.29) is 16.7 Å². The van der Waals surface area contributed by atoms with E-state index in [0.29, 0.717) is 5.92 Å². The van der Waals surface area contributed by atoms with Crippen LogP contribution < -0.4 is 5.73 Å². The van der Waals surface area contributed by atoms with Crippen molar-refractivity contribution in [3.63, 3.8) is 0 Å². The van der Waals surface area contributed by atoms with Crippen LogP contribution in [0.1, 0.15) is 50.1 Å². The molecule has 0 spiro atoms. The molecule has 98 valence electrons. The molecule has 0 heterocycles. The predicted molar refractivity (Wildman–Crippen MR) is 71.2 cm³/mol. The molecule has 1 fully saturated rings. The van der Waals surface area contributed by atoms with Crippen LogP contribution in [0, 0.1) is 16.0 Å². The molecule has 18 heavy (non-hydrogen) atoms. The average Bonchev–Trinajstić information content (AvgIpc) is 2.67. The van der Waals surface area contributed by atoms with Crippen molar-refractivity contribution in [1.82, 2.24) is 0 Å². The van der Waals surface area contributed by atoms with Gasteiger partial charge in [0.25, 0.3) is 5.69 Å². The second-order valence-corrected chi connectivity index (χ2v) is 5.13. The summed E-state index contributed by atoms with van der Waals surface area (Å²) in [6.45, 7) is 0. The molecule has 2 rings (SSSR count). The number of nitrogens with two attached hydrogens (primary N) is 1. The molecule has 2 N–H and O–H groups in total. The van der Waals surface area contributed by atoms with Gasteiger partial charge < -0.3 is 5.73 Å². The van der Waals surface area contributed by atoms with Gasteiger partial charge in [0, 0.05) is 18.2 Å². The fourth-order valence-corrected chi connectivity index (χ4v) is 2.79. The molecule has 0 aromatic heterocycles. The third kappa shape index (κ3) is 3.07. The van der Waals surface area contributed by atoms with Crippen molar-refractivity contribution in [1.29, 1.82) is 0 Å². The number of nitro groups is 1. The summed E-state index contributed by atoms with van der Waals surface area (Å²) in [7, 11) is 0. The summed E-state index contributed by atoms with van der Waals surface area (Å²) in [6, 6.07) is 6.70. The molecule has 1 aliphatic rings. The van der Waals surface area contributed by atoms with Crippen LogP contribution in [0.4, 0.5) is 5.69 Å². The van der Waals surface area contributed by atoms with Gasteiger partial charge in [-0.05, 0) is 24.3 Å². The van der Waals surface area contributed by atoms with E-state index < -0.39 is 0 Å². The van der Waals surface area contributed by atoms with Crippen LogP contribution in [-0.2, 0) is 0 Å². The van der Waals surface area contributed by atoms with Gasteiger partial charge in [0.15, 0.2) is 0 Å². The standard InChI is InChI=1S/C14H20N2O2/c15-14(11-6-3-1-2-4-7-11)12-8-5-9-13(10-12)16(17)18/h5,8-11,14H,1-4,6-7,15H2. The molecule has 0 bridgehead atoms. The van der Waals surface area contributed by atoms with Crippen LogP contribution in [0.5, 0.6) is 0 Å². The van der Waals surface area contributed by atoms with Gasteiger partial charge in [-0.1, -0.05) is 37.8 Å². The van der Waals surface area contributed by atoms with Crippen molar-refractivity contribution < 1.29 is 4.92 Å². The number of rotatable bonds is 3. The van der Waals surface area contributed by atoms with E-state index in [9.17, 15) is 10.1 Å². The summed E-state index contributed by atoms with van der Waals surface area (Å²) in [5.74, 6) is 0.467. The maximum atomic E-state index is 10.8. The average molecular weight is 248 g/mol. The normalized spacial score (nSPS) is 19.2. The molecule has 1 atom stereocenters. The predicted octanol–water partition coefficient (Wildman–Crippen LogP) is 3.57. The molecule has 1 saturated carbocycles. The molecule has 1 aromatic carbocycles. The largest absolute Gasteiger partial charge is 0.324 e. The summed E-state index contributed by atoms with van der Waals surface area (Å²) in [4.78, 5) is 10.4. The van der Waals surface area contributed by atoms with E-state index in [4.69, 9.17) is 5.73 Å². The first-order valence-corrected chi connectivity index (χ1v) is 6.68. The first-order valence-electron chi connectivity index (χ1n) is 6.68. The molecular weight excluding hydrogens is 228 g/mol. The number of hydrogen-bond acceptors (Lipinski definition) is 3. The third-order valence-corrected chi connectivity index (χ3v) is 3.87. The first kappa shape index (κ1) is 13.0. The van der Waals surface area contributed by atoms with Gasteiger partial charge in [0.05, 0.1) is 4.92 Å². The number of benzene rings is 1. The van der Waals surface area contributed by atoms with Gasteiger partial charge in [0.1, 0.15) is 0 Å². The van der Waals surface area contributed by atoms with Crippen LogP contribution in [0.3, 0.4) is 0 Å². The van der Waals surface area contributed by atoms with Crippen LogP contribution >= 0.6 is 0 Å². The maximum absolute atomic E-state index is 10.8. The smallest absolute Gasteiger partial charge is 0.269 e. The molecule has 1 aromatic rings. The Morgan fingerprint density at radius 2 is 1.89 bits per heavy atom. The first-order chi connectivity index (χ1) is 8.68. The highest BCUT2D eigenvalue weighted by Crippen LogP contribution is 2.32. The molecular formula is C14H20N2O2. The van der Waals surface area contributed by atoms with Crippen molar-refractivity contribution in [2.45, 2.75) is 44.6 Å². The second-order valence-electron chi connectivity index (χ2n) is 5.13. The summed E-state index contributed by atoms with van der Waals surface area (Å²) in [6.07, 6.45) is 7.32. The van der Waals surface area contributed by atoms with Gasteiger partial charge in [-0.3, -0.25) is 10.1 Å². The Bertz CT molecular complexity index is 412. The third-order valence-electron chi connectivity index (χ3n) is 3.87. The highest BCUT2D eigenvalue weighted by molar-refractivity contribution is 5.35. The number of hydrogen-bond donors (Lipinski definition) is 1. The fraction of sp³-hybridized carbons (Fsp3) is 0.571. The number of nitro benzene ring substituents is 1. The second kappa shape index (κ2) is 5.96. The summed E-state index contributed by atoms with van der Waals surface area (Å²) in [5.41, 5.74) is 7.32. The van der Waals surface area contributed by atoms with Crippen molar-refractivity contribution >= 4 is 5.69 Å². The van der Waals surface area contributed by atoms with Gasteiger partial charge in [-0.15, -0.1) is 0 Å². The molecule has 0 aliphatic heterocycles. The molecule has 1 aliphatic carbocycles. The Kier molecular flexibility index (Phi) is 4.31. The minimum absolute atomic E-state index is 0.0667. The number of non-ortho nitro benzene ring substituents is 1. The highest BCUT2D eigenvalue weighted by Gasteiger charge is 2.22. The molecule has 0 amide bonds. The molecule has 4 nitrogen and oxygen atoms in total. The van der Waals surface area contributed by atoms with E-state index in [0.717, 1.165) is 18.4 Å². The van der Waals surface area contributed by atoms with Crippen LogP contribution in [-0.4, -0.2) is 4.92 Å². The molecule has 0 saturated heterocycles. The number of nitrogens with zero attached hydrogens (tertiary/aromatic N) is 1. The zero-order valence-corrected chi connectivity index (χ0v) is 10.5. The quantitative estimate of drug-likeness (QED) is 0.505. The van der Waals surface area contributed by atoms with E-state index in [2.05, 4.69) is 0 Å². The molecule has 4 heteroatoms. The Balaban J connectivity index is 2.13. The lowest BCUT2D eigenvalue weighted by Gasteiger charge is -2.22. The zero-order valence-electron chi connectivity index (χ0n) is 10.5. The lowest BCUT2D eigenvalue weighted by atomic mass is 9.88. The monoisotopic (exact) mass is 248 g/mol. The van der Waals surface area contributed by atoms with Crippen molar-refractivity contribution in [3.8, 4) is 0 Å². The van der Waals surface area contributed by atoms with Gasteiger partial charge >= 0.3 is 0 Å². The summed E-state index contributed by atoms with van der Waals surface area (Å²) >= 11 is 0. The van der Waals surface area contributed by atoms with Crippen molar-refractivity contribution in [3.05, 3.63) is 39.9 Å². The highest BCUT2D eigenvalue weighted by atomic mass is 16.6. The minimum Gasteiger partial charge on any atom is -0.324 e. The molecule has 0 radical (unpaired) electrons. The Morgan fingerprint density at radius 3 is 2.50 bits per heavy atom. The summed E-state index contributed by atoms with van der Waals surface area (Å²) < 4.78 is 0. The Morgan fingerprint density at radius 1 is 1.22 bits per heavy atom. The lowest BCUT2D eigenvalue weighted by Crippen LogP contribution is -2.21. The topological polar surface area (TPSA) is 69.2 Å². The summed E-state index contributed by atoms with van der Waals surface area (Å²) in [5, 5.41) is 10.8. The SMILES string of the molecule is NC(c1cccc([N+](=O)[O-])c1)C1CCCCCC1. The maximum Gasteiger partial charge on any atom is 0.269 e. The van der Waals surface area contributed by atoms with E-state index in [1.165, 1.54) is 31.7 Å². The van der Waals surface area contributed by atoms with Gasteiger partial charge in [-0.25, -0.2) is 0 Å². The van der Waals surface area contributed by atoms with Crippen molar-refractivity contribution in [2.24, 2.45) is 11.7 Å². The van der Waals surface area contributed by atoms with Crippen LogP contribution in [0.2, 0.25) is 0 Å². The van der Waals surface area contributed by atoms with Crippen LogP contribution in [0.15, 0.2) is 24.3 Å². The minimum atomic E-state index is -0.358. The Hall–Kier alpha value is -1.42. The zero-order chi connectivity index (χ0) is 13.0. The van der Waals surface area contributed by atoms with Crippen molar-refractivity contribution in [2.75, 3.05) is 0 Å². The van der Waals surface area contributed by atoms with E-state index in [1.54, 1.807) is 12.1 Å². The van der Waals surface area contributed by atoms with Crippen LogP contribution in [0.25, 0.3) is 0 Å². The fourth-order valence-electron chi connectivity index (χ4n) is 2.79. The van der Waals surface area contributed by atoms with E-state index >= 15 is 0 Å². The van der Waals surface area contributed by atoms with E-state index in [1.807, 2.05) is 6.07 Å². The van der Waals surface area contributed by atoms with Gasteiger partial charge in [0.2, 0.25) is 0 Å². The van der Waals surface area contributed by atoms with Gasteiger partial charge in [-0.2, -0.15) is 0 Å².